The van der Waals surface area contributed by atoms with Gasteiger partial charge >= 0.3 is 11.9 Å². The third-order valence-electron chi connectivity index (χ3n) is 3.97. The Morgan fingerprint density at radius 3 is 2.67 bits per heavy atom. The summed E-state index contributed by atoms with van der Waals surface area (Å²) >= 11 is 12.9. The first-order chi connectivity index (χ1) is 14.4. The minimum absolute atomic E-state index is 0.0326. The van der Waals surface area contributed by atoms with E-state index in [1.807, 2.05) is 0 Å². The molecule has 1 aliphatic rings. The number of aliphatic imine (C=N–C) groups is 1. The summed E-state index contributed by atoms with van der Waals surface area (Å²) in [4.78, 5) is 29.0. The molecule has 0 fully saturated rings. The van der Waals surface area contributed by atoms with Crippen molar-refractivity contribution in [1.82, 2.24) is 0 Å². The Bertz CT molecular complexity index is 1220. The largest absolute Gasteiger partial charge is 0.457 e. The van der Waals surface area contributed by atoms with Crippen LogP contribution in [0.2, 0.25) is 5.02 Å². The molecule has 3 aromatic rings. The van der Waals surface area contributed by atoms with Crippen LogP contribution >= 0.6 is 43.5 Å². The van der Waals surface area contributed by atoms with Crippen LogP contribution in [0.5, 0.6) is 5.75 Å². The summed E-state index contributed by atoms with van der Waals surface area (Å²) < 4.78 is 17.0. The van der Waals surface area contributed by atoms with Crippen molar-refractivity contribution in [3.63, 3.8) is 0 Å². The van der Waals surface area contributed by atoms with Crippen LogP contribution in [0, 0.1) is 0 Å². The fourth-order valence-corrected chi connectivity index (χ4v) is 4.19. The fraction of sp³-hybridized carbons (Fsp3) is 0. The Kier molecular flexibility index (Phi) is 5.90. The van der Waals surface area contributed by atoms with Crippen LogP contribution in [0.25, 0.3) is 6.08 Å². The first-order valence-electron chi connectivity index (χ1n) is 8.44. The molecule has 6 nitrogen and oxygen atoms in total. The van der Waals surface area contributed by atoms with E-state index in [9.17, 15) is 9.59 Å². The number of hydrogen-bond acceptors (Lipinski definition) is 6. The zero-order valence-corrected chi connectivity index (χ0v) is 18.8. The van der Waals surface area contributed by atoms with Crippen LogP contribution in [0.1, 0.15) is 21.7 Å². The van der Waals surface area contributed by atoms with Crippen LogP contribution in [-0.4, -0.2) is 17.8 Å². The van der Waals surface area contributed by atoms with E-state index < -0.39 is 11.9 Å². The van der Waals surface area contributed by atoms with Gasteiger partial charge < -0.3 is 13.9 Å². The molecule has 1 aromatic heterocycles. The lowest BCUT2D eigenvalue weighted by Crippen LogP contribution is -2.09. The van der Waals surface area contributed by atoms with Crippen LogP contribution in [0.15, 0.2) is 78.8 Å². The Balaban J connectivity index is 1.73. The van der Waals surface area contributed by atoms with Crippen molar-refractivity contribution in [2.75, 3.05) is 0 Å². The van der Waals surface area contributed by atoms with Crippen LogP contribution in [0.4, 0.5) is 0 Å². The van der Waals surface area contributed by atoms with Crippen LogP contribution < -0.4 is 4.74 Å². The molecule has 30 heavy (non-hydrogen) atoms. The second-order valence-corrected chi connectivity index (χ2v) is 8.17. The van der Waals surface area contributed by atoms with Gasteiger partial charge in [-0.05, 0) is 58.4 Å². The quantitative estimate of drug-likeness (QED) is 0.225. The molecular formula is C21H10Br2ClNO5. The van der Waals surface area contributed by atoms with Gasteiger partial charge in [0.1, 0.15) is 0 Å². The summed E-state index contributed by atoms with van der Waals surface area (Å²) in [5.41, 5.74) is 0.952. The lowest BCUT2D eigenvalue weighted by Gasteiger charge is -2.10. The summed E-state index contributed by atoms with van der Waals surface area (Å²) in [6.45, 7) is 0. The number of rotatable bonds is 4. The molecule has 0 bridgehead atoms. The van der Waals surface area contributed by atoms with E-state index in [0.29, 0.717) is 25.1 Å². The molecule has 0 saturated carbocycles. The first-order valence-corrected chi connectivity index (χ1v) is 10.4. The molecule has 0 spiro atoms. The minimum atomic E-state index is -0.683. The maximum Gasteiger partial charge on any atom is 0.379 e. The van der Waals surface area contributed by atoms with E-state index in [1.54, 1.807) is 42.5 Å². The fourth-order valence-electron chi connectivity index (χ4n) is 2.64. The van der Waals surface area contributed by atoms with Gasteiger partial charge in [0.2, 0.25) is 11.7 Å². The van der Waals surface area contributed by atoms with E-state index in [4.69, 9.17) is 25.5 Å². The van der Waals surface area contributed by atoms with Gasteiger partial charge in [-0.2, -0.15) is 0 Å². The number of benzene rings is 2. The average Bonchev–Trinajstić information content (AvgIpc) is 3.35. The minimum Gasteiger partial charge on any atom is -0.457 e. The van der Waals surface area contributed by atoms with Crippen molar-refractivity contribution in [2.24, 2.45) is 4.99 Å². The lowest BCUT2D eigenvalue weighted by atomic mass is 10.1. The van der Waals surface area contributed by atoms with Gasteiger partial charge in [0.05, 0.1) is 21.3 Å². The smallest absolute Gasteiger partial charge is 0.379 e. The van der Waals surface area contributed by atoms with E-state index >= 15 is 0 Å². The SMILES string of the molecule is O=C1OC(c2ccccc2Cl)=N/C1=C\c1cc(Br)cc(Br)c1OC(=O)c1ccco1. The Hall–Kier alpha value is -2.68. The second-order valence-electron chi connectivity index (χ2n) is 5.99. The summed E-state index contributed by atoms with van der Waals surface area (Å²) in [7, 11) is 0. The number of nitrogens with zero attached hydrogens (tertiary/aromatic N) is 1. The molecule has 0 amide bonds. The number of hydrogen-bond donors (Lipinski definition) is 0. The Labute approximate surface area is 192 Å². The zero-order chi connectivity index (χ0) is 21.3. The highest BCUT2D eigenvalue weighted by atomic mass is 79.9. The van der Waals surface area contributed by atoms with Gasteiger partial charge in [-0.3, -0.25) is 0 Å². The van der Waals surface area contributed by atoms with Crippen molar-refractivity contribution >= 4 is 67.4 Å². The molecular weight excluding hydrogens is 541 g/mol. The van der Waals surface area contributed by atoms with Crippen molar-refractivity contribution < 1.29 is 23.5 Å². The first kappa shape index (κ1) is 20.6. The molecule has 0 aliphatic carbocycles. The summed E-state index contributed by atoms with van der Waals surface area (Å²) in [6.07, 6.45) is 2.84. The third kappa shape index (κ3) is 4.26. The van der Waals surface area contributed by atoms with E-state index in [2.05, 4.69) is 36.9 Å². The number of carbonyl (C=O) groups excluding carboxylic acids is 2. The monoisotopic (exact) mass is 549 g/mol. The highest BCUT2D eigenvalue weighted by Crippen LogP contribution is 2.36. The Morgan fingerprint density at radius 2 is 1.93 bits per heavy atom. The van der Waals surface area contributed by atoms with E-state index in [0.717, 1.165) is 0 Å². The number of halogens is 3. The highest BCUT2D eigenvalue weighted by molar-refractivity contribution is 9.11. The predicted molar refractivity (Wildman–Crippen MR) is 118 cm³/mol. The van der Waals surface area contributed by atoms with Gasteiger partial charge in [-0.1, -0.05) is 39.7 Å². The van der Waals surface area contributed by atoms with Crippen LogP contribution in [-0.2, 0) is 9.53 Å². The zero-order valence-electron chi connectivity index (χ0n) is 14.9. The molecule has 9 heteroatoms. The van der Waals surface area contributed by atoms with Crippen molar-refractivity contribution in [3.8, 4) is 5.75 Å². The molecule has 2 aromatic carbocycles. The number of ether oxygens (including phenoxy) is 2. The van der Waals surface area contributed by atoms with E-state index in [-0.39, 0.29) is 23.1 Å². The molecule has 4 rings (SSSR count). The number of furan rings is 1. The highest BCUT2D eigenvalue weighted by Gasteiger charge is 2.26. The average molecular weight is 552 g/mol. The molecule has 0 N–H and O–H groups in total. The molecule has 0 saturated heterocycles. The predicted octanol–water partition coefficient (Wildman–Crippen LogP) is 6.02. The normalized spacial score (nSPS) is 14.6. The molecule has 2 heterocycles. The van der Waals surface area contributed by atoms with Gasteiger partial charge in [0.15, 0.2) is 11.4 Å². The van der Waals surface area contributed by atoms with E-state index in [1.165, 1.54) is 18.4 Å². The molecule has 0 radical (unpaired) electrons. The summed E-state index contributed by atoms with van der Waals surface area (Å²) in [5.74, 6) is -0.995. The second kappa shape index (κ2) is 8.59. The van der Waals surface area contributed by atoms with Gasteiger partial charge in [0, 0.05) is 10.0 Å². The molecule has 0 unspecified atom stereocenters. The van der Waals surface area contributed by atoms with Crippen molar-refractivity contribution in [3.05, 3.63) is 91.3 Å². The number of esters is 2. The number of cyclic esters (lactones) is 1. The standard InChI is InChI=1S/C21H10Br2ClNO5/c22-12-8-11(18(14(23)10-12)29-21(27)17-6-3-7-28-17)9-16-20(26)30-19(25-16)13-4-1-2-5-15(13)24/h1-10H/b16-9-. The third-order valence-corrected chi connectivity index (χ3v) is 5.35. The maximum absolute atomic E-state index is 12.4. The van der Waals surface area contributed by atoms with Crippen molar-refractivity contribution in [1.29, 1.82) is 0 Å². The summed E-state index contributed by atoms with van der Waals surface area (Å²) in [6, 6.07) is 13.3. The summed E-state index contributed by atoms with van der Waals surface area (Å²) in [5, 5.41) is 0.406. The van der Waals surface area contributed by atoms with Gasteiger partial charge in [-0.25, -0.2) is 14.6 Å². The van der Waals surface area contributed by atoms with Crippen molar-refractivity contribution in [2.45, 2.75) is 0 Å². The molecule has 150 valence electrons. The van der Waals surface area contributed by atoms with Crippen LogP contribution in [0.3, 0.4) is 0 Å². The number of carbonyl (C=O) groups is 2. The lowest BCUT2D eigenvalue weighted by molar-refractivity contribution is -0.129. The van der Waals surface area contributed by atoms with Gasteiger partial charge in [0.25, 0.3) is 0 Å². The molecule has 0 atom stereocenters. The topological polar surface area (TPSA) is 78.1 Å². The maximum atomic E-state index is 12.4. The molecule has 1 aliphatic heterocycles. The Morgan fingerprint density at radius 1 is 1.13 bits per heavy atom. The van der Waals surface area contributed by atoms with Gasteiger partial charge in [-0.15, -0.1) is 0 Å².